The minimum atomic E-state index is -0.683. The summed E-state index contributed by atoms with van der Waals surface area (Å²) in [6.45, 7) is 0. The summed E-state index contributed by atoms with van der Waals surface area (Å²) in [6, 6.07) is 1.99. The van der Waals surface area contributed by atoms with Gasteiger partial charge in [-0.3, -0.25) is 4.21 Å². The fourth-order valence-corrected chi connectivity index (χ4v) is 1.93. The smallest absolute Gasteiger partial charge is 0.0631 e. The second kappa shape index (κ2) is 2.98. The summed E-state index contributed by atoms with van der Waals surface area (Å²) in [5, 5.41) is 8.58. The van der Waals surface area contributed by atoms with E-state index < -0.39 is 10.8 Å². The summed E-state index contributed by atoms with van der Waals surface area (Å²) in [5.41, 5.74) is 0. The average molecular weight is 143 g/mol. The van der Waals surface area contributed by atoms with Gasteiger partial charge in [-0.05, 0) is 12.8 Å². The quantitative estimate of drug-likeness (QED) is 0.586. The van der Waals surface area contributed by atoms with Crippen LogP contribution in [0.4, 0.5) is 0 Å². The van der Waals surface area contributed by atoms with Crippen molar-refractivity contribution in [2.75, 3.05) is 5.75 Å². The van der Waals surface area contributed by atoms with Crippen molar-refractivity contribution in [2.45, 2.75) is 24.5 Å². The molecule has 1 atom stereocenters. The molecule has 0 aromatic carbocycles. The molecule has 0 aromatic rings. The summed E-state index contributed by atoms with van der Waals surface area (Å²) in [7, 11) is -0.683. The fourth-order valence-electron chi connectivity index (χ4n) is 0.644. The van der Waals surface area contributed by atoms with Gasteiger partial charge in [-0.1, -0.05) is 0 Å². The Morgan fingerprint density at radius 1 is 1.67 bits per heavy atom. The van der Waals surface area contributed by atoms with Crippen LogP contribution in [0.15, 0.2) is 0 Å². The van der Waals surface area contributed by atoms with Gasteiger partial charge in [-0.2, -0.15) is 5.26 Å². The molecule has 1 aliphatic rings. The van der Waals surface area contributed by atoms with E-state index in [4.69, 9.17) is 5.26 Å². The Bertz CT molecular complexity index is 157. The van der Waals surface area contributed by atoms with Gasteiger partial charge in [-0.15, -0.1) is 0 Å². The number of nitrogens with zero attached hydrogens (tertiary/aromatic N) is 1. The molecule has 50 valence electrons. The monoisotopic (exact) mass is 143 g/mol. The molecular formula is C6H9NOS. The van der Waals surface area contributed by atoms with Gasteiger partial charge in [0, 0.05) is 28.2 Å². The first-order chi connectivity index (χ1) is 4.34. The molecule has 1 unspecified atom stereocenters. The first-order valence-electron chi connectivity index (χ1n) is 3.08. The lowest BCUT2D eigenvalue weighted by Gasteiger charge is -1.90. The Hall–Kier alpha value is -0.360. The first-order valence-corrected chi connectivity index (χ1v) is 4.47. The Labute approximate surface area is 57.3 Å². The number of rotatable bonds is 3. The number of hydrogen-bond donors (Lipinski definition) is 0. The van der Waals surface area contributed by atoms with Gasteiger partial charge >= 0.3 is 0 Å². The Balaban J connectivity index is 2.12. The Morgan fingerprint density at radius 2 is 2.33 bits per heavy atom. The average Bonchev–Trinajstić information content (AvgIpc) is 2.63. The van der Waals surface area contributed by atoms with Crippen LogP contribution in [0.25, 0.3) is 0 Å². The molecule has 2 nitrogen and oxygen atoms in total. The zero-order valence-corrected chi connectivity index (χ0v) is 5.99. The molecule has 0 aromatic heterocycles. The molecular weight excluding hydrogens is 134 g/mol. The Morgan fingerprint density at radius 3 is 2.78 bits per heavy atom. The summed E-state index contributed by atoms with van der Waals surface area (Å²) in [5.74, 6) is 0.584. The van der Waals surface area contributed by atoms with Crippen molar-refractivity contribution in [3.8, 4) is 6.07 Å². The molecule has 0 aliphatic heterocycles. The van der Waals surface area contributed by atoms with Crippen molar-refractivity contribution in [1.29, 1.82) is 5.26 Å². The van der Waals surface area contributed by atoms with E-state index in [0.29, 0.717) is 17.4 Å². The highest BCUT2D eigenvalue weighted by Gasteiger charge is 2.27. The van der Waals surface area contributed by atoms with E-state index in [1.165, 1.54) is 0 Å². The summed E-state index contributed by atoms with van der Waals surface area (Å²) in [4.78, 5) is 0. The lowest BCUT2D eigenvalue weighted by molar-refractivity contribution is 0.682. The van der Waals surface area contributed by atoms with E-state index >= 15 is 0 Å². The molecule has 1 rings (SSSR count). The van der Waals surface area contributed by atoms with E-state index in [-0.39, 0.29) is 0 Å². The molecule has 1 aliphatic carbocycles. The topological polar surface area (TPSA) is 40.9 Å². The predicted octanol–water partition coefficient (Wildman–Crippen LogP) is 0.811. The van der Waals surface area contributed by atoms with E-state index in [9.17, 15) is 4.21 Å². The third-order valence-corrected chi connectivity index (χ3v) is 3.13. The number of nitriles is 1. The zero-order valence-electron chi connectivity index (χ0n) is 5.17. The van der Waals surface area contributed by atoms with Crippen molar-refractivity contribution in [3.63, 3.8) is 0 Å². The van der Waals surface area contributed by atoms with Crippen molar-refractivity contribution < 1.29 is 4.21 Å². The molecule has 1 saturated carbocycles. The zero-order chi connectivity index (χ0) is 6.69. The maximum Gasteiger partial charge on any atom is 0.0631 e. The van der Waals surface area contributed by atoms with Gasteiger partial charge < -0.3 is 0 Å². The van der Waals surface area contributed by atoms with Gasteiger partial charge in [-0.25, -0.2) is 0 Å². The van der Waals surface area contributed by atoms with Crippen LogP contribution in [-0.2, 0) is 10.8 Å². The highest BCUT2D eigenvalue weighted by Crippen LogP contribution is 2.26. The van der Waals surface area contributed by atoms with Crippen molar-refractivity contribution in [1.82, 2.24) is 0 Å². The maximum absolute atomic E-state index is 10.9. The molecule has 0 N–H and O–H groups in total. The van der Waals surface area contributed by atoms with Crippen LogP contribution in [0.3, 0.4) is 0 Å². The summed E-state index contributed by atoms with van der Waals surface area (Å²) in [6.07, 6.45) is 2.67. The largest absolute Gasteiger partial charge is 0.259 e. The van der Waals surface area contributed by atoms with Gasteiger partial charge in [0.05, 0.1) is 6.07 Å². The van der Waals surface area contributed by atoms with Crippen LogP contribution in [0.5, 0.6) is 0 Å². The standard InChI is InChI=1S/C6H9NOS/c7-4-1-5-9(8)6-2-3-6/h6H,1-3,5H2. The van der Waals surface area contributed by atoms with Crippen LogP contribution in [-0.4, -0.2) is 15.2 Å². The lowest BCUT2D eigenvalue weighted by Crippen LogP contribution is -2.01. The van der Waals surface area contributed by atoms with Gasteiger partial charge in [0.1, 0.15) is 0 Å². The molecule has 0 spiro atoms. The highest BCUT2D eigenvalue weighted by atomic mass is 32.2. The second-order valence-electron chi connectivity index (χ2n) is 2.19. The van der Waals surface area contributed by atoms with Crippen LogP contribution >= 0.6 is 0 Å². The molecule has 0 saturated heterocycles. The summed E-state index contributed by atoms with van der Waals surface area (Å²) >= 11 is 0. The maximum atomic E-state index is 10.9. The van der Waals surface area contributed by atoms with Gasteiger partial charge in [0.15, 0.2) is 0 Å². The van der Waals surface area contributed by atoms with Gasteiger partial charge in [0.25, 0.3) is 0 Å². The third kappa shape index (κ3) is 2.15. The van der Waals surface area contributed by atoms with Gasteiger partial charge in [0.2, 0.25) is 0 Å². The minimum absolute atomic E-state index is 0.443. The van der Waals surface area contributed by atoms with Crippen LogP contribution in [0, 0.1) is 11.3 Å². The molecule has 0 bridgehead atoms. The molecule has 1 fully saturated rings. The molecule has 0 radical (unpaired) electrons. The molecule has 0 amide bonds. The van der Waals surface area contributed by atoms with Crippen LogP contribution in [0.1, 0.15) is 19.3 Å². The Kier molecular flexibility index (Phi) is 2.23. The molecule has 0 heterocycles. The molecule has 9 heavy (non-hydrogen) atoms. The fraction of sp³-hybridized carbons (Fsp3) is 0.833. The van der Waals surface area contributed by atoms with E-state index in [1.54, 1.807) is 0 Å². The van der Waals surface area contributed by atoms with Crippen molar-refractivity contribution in [3.05, 3.63) is 0 Å². The first kappa shape index (κ1) is 6.76. The van der Waals surface area contributed by atoms with Crippen LogP contribution in [0.2, 0.25) is 0 Å². The van der Waals surface area contributed by atoms with Crippen LogP contribution < -0.4 is 0 Å². The third-order valence-electron chi connectivity index (χ3n) is 1.31. The van der Waals surface area contributed by atoms with Crippen molar-refractivity contribution in [2.24, 2.45) is 0 Å². The number of hydrogen-bond acceptors (Lipinski definition) is 2. The van der Waals surface area contributed by atoms with Crippen molar-refractivity contribution >= 4 is 10.8 Å². The van der Waals surface area contributed by atoms with E-state index in [2.05, 4.69) is 0 Å². The highest BCUT2D eigenvalue weighted by molar-refractivity contribution is 7.85. The second-order valence-corrected chi connectivity index (χ2v) is 4.03. The summed E-state index contributed by atoms with van der Waals surface area (Å²) < 4.78 is 10.9. The minimum Gasteiger partial charge on any atom is -0.259 e. The lowest BCUT2D eigenvalue weighted by atomic mass is 10.6. The normalized spacial score (nSPS) is 20.8. The van der Waals surface area contributed by atoms with E-state index in [0.717, 1.165) is 12.8 Å². The SMILES string of the molecule is N#CCCS(=O)C1CC1. The van der Waals surface area contributed by atoms with E-state index in [1.807, 2.05) is 6.07 Å². The molecule has 3 heteroatoms. The predicted molar refractivity (Wildman–Crippen MR) is 36.3 cm³/mol.